The number of hydrogen-bond acceptors (Lipinski definition) is 4. The lowest BCUT2D eigenvalue weighted by Crippen LogP contribution is -2.44. The van der Waals surface area contributed by atoms with E-state index >= 15 is 0 Å². The minimum Gasteiger partial charge on any atom is -0.357 e. The summed E-state index contributed by atoms with van der Waals surface area (Å²) in [5.41, 5.74) is 3.49. The molecule has 0 aliphatic carbocycles. The highest BCUT2D eigenvalue weighted by atomic mass is 16.5. The zero-order chi connectivity index (χ0) is 12.6. The van der Waals surface area contributed by atoms with Crippen molar-refractivity contribution in [1.82, 2.24) is 10.4 Å². The molecule has 1 atom stereocenters. The van der Waals surface area contributed by atoms with Gasteiger partial charge in [-0.25, -0.2) is 5.43 Å². The fourth-order valence-electron chi connectivity index (χ4n) is 1.92. The molecule has 5 heteroatoms. The molecule has 1 unspecified atom stereocenters. The molecular weight excluding hydrogens is 220 g/mol. The van der Waals surface area contributed by atoms with Crippen molar-refractivity contribution in [1.29, 1.82) is 0 Å². The highest BCUT2D eigenvalue weighted by Gasteiger charge is 2.53. The molecule has 1 aromatic rings. The van der Waals surface area contributed by atoms with Crippen molar-refractivity contribution in [2.45, 2.75) is 31.7 Å². The molecule has 2 rings (SSSR count). The number of rotatable bonds is 2. The first-order chi connectivity index (χ1) is 7.94. The first kappa shape index (κ1) is 12.0. The highest BCUT2D eigenvalue weighted by molar-refractivity contribution is 5.86. The van der Waals surface area contributed by atoms with Crippen molar-refractivity contribution in [2.24, 2.45) is 0 Å². The monoisotopic (exact) mass is 236 g/mol. The van der Waals surface area contributed by atoms with Gasteiger partial charge in [-0.05, 0) is 19.4 Å². The van der Waals surface area contributed by atoms with Crippen LogP contribution in [0.15, 0.2) is 30.3 Å². The Labute approximate surface area is 99.6 Å². The summed E-state index contributed by atoms with van der Waals surface area (Å²) in [5, 5.41) is 21.0. The van der Waals surface area contributed by atoms with Crippen LogP contribution < -0.4 is 5.43 Å². The quantitative estimate of drug-likeness (QED) is 0.640. The van der Waals surface area contributed by atoms with Gasteiger partial charge in [-0.2, -0.15) is 0 Å². The Balaban J connectivity index is 2.34. The van der Waals surface area contributed by atoms with Crippen LogP contribution in [0.2, 0.25) is 0 Å². The summed E-state index contributed by atoms with van der Waals surface area (Å²) >= 11 is 0. The molecule has 1 aliphatic heterocycles. The van der Waals surface area contributed by atoms with Crippen molar-refractivity contribution in [3.8, 4) is 0 Å². The average molecular weight is 236 g/mol. The molecule has 92 valence electrons. The van der Waals surface area contributed by atoms with E-state index in [2.05, 4.69) is 5.43 Å². The van der Waals surface area contributed by atoms with Gasteiger partial charge < -0.3 is 10.2 Å². The molecule has 0 saturated carbocycles. The second-order valence-corrected chi connectivity index (χ2v) is 4.47. The Morgan fingerprint density at radius 2 is 1.88 bits per heavy atom. The zero-order valence-corrected chi connectivity index (χ0v) is 9.79. The standard InChI is InChI=1S/C12H16N2O3/c1-8(2)14-11(15)12(16,17)10(13-14)9-6-4-3-5-7-9/h3-8,10,13,16-17H,1-2H3. The molecule has 1 saturated heterocycles. The van der Waals surface area contributed by atoms with Crippen LogP contribution in [0.3, 0.4) is 0 Å². The lowest BCUT2D eigenvalue weighted by Gasteiger charge is -2.20. The molecular formula is C12H16N2O3. The molecule has 1 aliphatic rings. The summed E-state index contributed by atoms with van der Waals surface area (Å²) in [5.74, 6) is -3.12. The zero-order valence-electron chi connectivity index (χ0n) is 9.79. The smallest absolute Gasteiger partial charge is 0.299 e. The first-order valence-electron chi connectivity index (χ1n) is 5.54. The van der Waals surface area contributed by atoms with Gasteiger partial charge in [-0.1, -0.05) is 30.3 Å². The Hall–Kier alpha value is -1.43. The van der Waals surface area contributed by atoms with Gasteiger partial charge in [0.2, 0.25) is 0 Å². The van der Waals surface area contributed by atoms with E-state index in [0.717, 1.165) is 0 Å². The average Bonchev–Trinajstić information content (AvgIpc) is 2.52. The summed E-state index contributed by atoms with van der Waals surface area (Å²) in [7, 11) is 0. The Bertz CT molecular complexity index is 417. The lowest BCUT2D eigenvalue weighted by molar-refractivity contribution is -0.187. The minimum atomic E-state index is -2.40. The maximum Gasteiger partial charge on any atom is 0.299 e. The summed E-state index contributed by atoms with van der Waals surface area (Å²) in [6.07, 6.45) is 0. The molecule has 5 nitrogen and oxygen atoms in total. The van der Waals surface area contributed by atoms with Crippen LogP contribution in [-0.2, 0) is 4.79 Å². The molecule has 0 radical (unpaired) electrons. The number of nitrogens with one attached hydrogen (secondary N) is 1. The van der Waals surface area contributed by atoms with Gasteiger partial charge >= 0.3 is 0 Å². The van der Waals surface area contributed by atoms with Crippen LogP contribution >= 0.6 is 0 Å². The van der Waals surface area contributed by atoms with Crippen LogP contribution in [0.25, 0.3) is 0 Å². The number of aliphatic hydroxyl groups is 2. The molecule has 0 bridgehead atoms. The largest absolute Gasteiger partial charge is 0.357 e. The predicted octanol–water partition coefficient (Wildman–Crippen LogP) is 0.164. The van der Waals surface area contributed by atoms with E-state index < -0.39 is 17.7 Å². The second-order valence-electron chi connectivity index (χ2n) is 4.47. The van der Waals surface area contributed by atoms with Gasteiger partial charge in [0.05, 0.1) is 0 Å². The van der Waals surface area contributed by atoms with E-state index in [1.807, 2.05) is 6.07 Å². The number of nitrogens with zero attached hydrogens (tertiary/aromatic N) is 1. The van der Waals surface area contributed by atoms with E-state index in [1.165, 1.54) is 5.01 Å². The van der Waals surface area contributed by atoms with Gasteiger partial charge in [0, 0.05) is 6.04 Å². The fourth-order valence-corrected chi connectivity index (χ4v) is 1.92. The Morgan fingerprint density at radius 1 is 1.29 bits per heavy atom. The first-order valence-corrected chi connectivity index (χ1v) is 5.54. The van der Waals surface area contributed by atoms with Gasteiger partial charge in [-0.15, -0.1) is 0 Å². The fraction of sp³-hybridized carbons (Fsp3) is 0.417. The lowest BCUT2D eigenvalue weighted by atomic mass is 10.0. The number of hydrogen-bond donors (Lipinski definition) is 3. The van der Waals surface area contributed by atoms with Crippen molar-refractivity contribution >= 4 is 5.91 Å². The van der Waals surface area contributed by atoms with E-state index in [4.69, 9.17) is 0 Å². The normalized spacial score (nSPS) is 23.5. The number of hydrazine groups is 1. The third-order valence-electron chi connectivity index (χ3n) is 2.85. The maximum atomic E-state index is 11.8. The molecule has 0 aromatic heterocycles. The van der Waals surface area contributed by atoms with E-state index in [-0.39, 0.29) is 6.04 Å². The third kappa shape index (κ3) is 1.93. The van der Waals surface area contributed by atoms with Gasteiger partial charge in [0.15, 0.2) is 0 Å². The molecule has 1 heterocycles. The molecule has 1 fully saturated rings. The molecule has 17 heavy (non-hydrogen) atoms. The van der Waals surface area contributed by atoms with Crippen molar-refractivity contribution in [2.75, 3.05) is 0 Å². The molecule has 0 spiro atoms. The molecule has 3 N–H and O–H groups in total. The summed E-state index contributed by atoms with van der Waals surface area (Å²) in [4.78, 5) is 11.8. The van der Waals surface area contributed by atoms with Gasteiger partial charge in [0.1, 0.15) is 6.04 Å². The van der Waals surface area contributed by atoms with Crippen molar-refractivity contribution in [3.63, 3.8) is 0 Å². The van der Waals surface area contributed by atoms with Crippen LogP contribution in [0.1, 0.15) is 25.5 Å². The topological polar surface area (TPSA) is 72.8 Å². The molecule has 1 aromatic carbocycles. The summed E-state index contributed by atoms with van der Waals surface area (Å²) < 4.78 is 0. The van der Waals surface area contributed by atoms with Crippen LogP contribution in [0.4, 0.5) is 0 Å². The number of amides is 1. The summed E-state index contributed by atoms with van der Waals surface area (Å²) in [6.45, 7) is 3.60. The van der Waals surface area contributed by atoms with Crippen molar-refractivity contribution < 1.29 is 15.0 Å². The second kappa shape index (κ2) is 4.10. The minimum absolute atomic E-state index is 0.144. The Morgan fingerprint density at radius 3 is 2.35 bits per heavy atom. The van der Waals surface area contributed by atoms with E-state index in [9.17, 15) is 15.0 Å². The predicted molar refractivity (Wildman–Crippen MR) is 61.5 cm³/mol. The van der Waals surface area contributed by atoms with Crippen LogP contribution in [0.5, 0.6) is 0 Å². The maximum absolute atomic E-state index is 11.8. The van der Waals surface area contributed by atoms with Gasteiger partial charge in [0.25, 0.3) is 11.7 Å². The highest BCUT2D eigenvalue weighted by Crippen LogP contribution is 2.32. The SMILES string of the molecule is CC(C)N1NC(c2ccccc2)C(O)(O)C1=O. The molecule has 1 amide bonds. The number of carbonyl (C=O) groups is 1. The number of benzene rings is 1. The summed E-state index contributed by atoms with van der Waals surface area (Å²) in [6, 6.07) is 7.92. The van der Waals surface area contributed by atoms with Crippen LogP contribution in [-0.4, -0.2) is 33.0 Å². The van der Waals surface area contributed by atoms with Crippen molar-refractivity contribution in [3.05, 3.63) is 35.9 Å². The van der Waals surface area contributed by atoms with Crippen LogP contribution in [0, 0.1) is 0 Å². The van der Waals surface area contributed by atoms with E-state index in [1.54, 1.807) is 38.1 Å². The number of carbonyl (C=O) groups excluding carboxylic acids is 1. The Kier molecular flexibility index (Phi) is 2.91. The van der Waals surface area contributed by atoms with Gasteiger partial charge in [-0.3, -0.25) is 9.80 Å². The van der Waals surface area contributed by atoms with E-state index in [0.29, 0.717) is 5.56 Å². The third-order valence-corrected chi connectivity index (χ3v) is 2.85.